The van der Waals surface area contributed by atoms with Crippen LogP contribution in [0.1, 0.15) is 162 Å². The zero-order valence-electron chi connectivity index (χ0n) is 32.1. The van der Waals surface area contributed by atoms with Crippen molar-refractivity contribution in [2.24, 2.45) is 0 Å². The summed E-state index contributed by atoms with van der Waals surface area (Å²) in [4.78, 5) is 37.2. The summed E-state index contributed by atoms with van der Waals surface area (Å²) < 4.78 is 33.7. The molecule has 288 valence electrons. The quantitative estimate of drug-likeness (QED) is 0.0210. The number of nitrogens with zero attached hydrogens (tertiary/aromatic N) is 1. The average molecular weight is 716 g/mol. The van der Waals surface area contributed by atoms with Gasteiger partial charge in [-0.05, 0) is 44.9 Å². The van der Waals surface area contributed by atoms with Crippen molar-refractivity contribution in [1.82, 2.24) is 0 Å². The van der Waals surface area contributed by atoms with Gasteiger partial charge in [-0.15, -0.1) is 0 Å². The van der Waals surface area contributed by atoms with Crippen molar-refractivity contribution in [3.05, 3.63) is 24.3 Å². The molecular weight excluding hydrogens is 641 g/mol. The molecule has 0 aliphatic rings. The fourth-order valence-electron chi connectivity index (χ4n) is 5.09. The Balaban J connectivity index is 4.34. The van der Waals surface area contributed by atoms with Gasteiger partial charge in [0.25, 0.3) is 7.82 Å². The third kappa shape index (κ3) is 36.1. The first kappa shape index (κ1) is 47.5. The fourth-order valence-corrected chi connectivity index (χ4v) is 5.82. The second-order valence-electron chi connectivity index (χ2n) is 14.3. The number of carbonyl (C=O) groups is 2. The average Bonchev–Trinajstić information content (AvgIpc) is 3.04. The van der Waals surface area contributed by atoms with Gasteiger partial charge in [-0.3, -0.25) is 14.2 Å². The molecular formula is C39H74NO8P. The Hall–Kier alpha value is -1.51. The number of carbonyl (C=O) groups excluding carboxylic acids is 2. The van der Waals surface area contributed by atoms with Crippen molar-refractivity contribution in [3.63, 3.8) is 0 Å². The van der Waals surface area contributed by atoms with Gasteiger partial charge in [0, 0.05) is 12.8 Å². The maximum Gasteiger partial charge on any atom is 0.306 e. The summed E-state index contributed by atoms with van der Waals surface area (Å²) in [6.45, 7) is 4.14. The van der Waals surface area contributed by atoms with E-state index in [1.807, 2.05) is 21.1 Å². The largest absolute Gasteiger partial charge is 0.756 e. The molecule has 0 saturated carbocycles. The Morgan fingerprint density at radius 3 is 1.63 bits per heavy atom. The highest BCUT2D eigenvalue weighted by Gasteiger charge is 2.21. The van der Waals surface area contributed by atoms with Crippen molar-refractivity contribution in [2.45, 2.75) is 168 Å². The van der Waals surface area contributed by atoms with Crippen LogP contribution in [0.25, 0.3) is 0 Å². The number of hydrogen-bond donors (Lipinski definition) is 0. The Kier molecular flexibility index (Phi) is 31.4. The van der Waals surface area contributed by atoms with E-state index in [4.69, 9.17) is 18.5 Å². The minimum Gasteiger partial charge on any atom is -0.756 e. The number of ether oxygens (including phenoxy) is 2. The van der Waals surface area contributed by atoms with E-state index in [1.165, 1.54) is 77.0 Å². The Labute approximate surface area is 300 Å². The van der Waals surface area contributed by atoms with E-state index >= 15 is 0 Å². The molecule has 0 bridgehead atoms. The van der Waals surface area contributed by atoms with Crippen LogP contribution >= 0.6 is 7.82 Å². The lowest BCUT2D eigenvalue weighted by Gasteiger charge is -2.28. The fraction of sp³-hybridized carbons (Fsp3) is 0.846. The number of unbranched alkanes of at least 4 members (excludes halogenated alkanes) is 17. The zero-order valence-corrected chi connectivity index (χ0v) is 33.0. The van der Waals surface area contributed by atoms with Crippen LogP contribution in [0.2, 0.25) is 0 Å². The maximum absolute atomic E-state index is 12.6. The van der Waals surface area contributed by atoms with Crippen LogP contribution < -0.4 is 4.89 Å². The minimum atomic E-state index is -4.61. The molecule has 0 aliphatic carbocycles. The number of esters is 2. The maximum atomic E-state index is 12.6. The van der Waals surface area contributed by atoms with Gasteiger partial charge in [0.2, 0.25) is 0 Å². The van der Waals surface area contributed by atoms with E-state index in [0.717, 1.165) is 51.4 Å². The summed E-state index contributed by atoms with van der Waals surface area (Å²) in [5.41, 5.74) is 0. The van der Waals surface area contributed by atoms with Crippen LogP contribution in [0.4, 0.5) is 0 Å². The molecule has 2 atom stereocenters. The number of allylic oxidation sites excluding steroid dienone is 4. The Bertz CT molecular complexity index is 902. The second kappa shape index (κ2) is 32.4. The Morgan fingerprint density at radius 2 is 1.10 bits per heavy atom. The van der Waals surface area contributed by atoms with E-state index in [-0.39, 0.29) is 26.1 Å². The molecule has 0 heterocycles. The van der Waals surface area contributed by atoms with E-state index in [2.05, 4.69) is 38.2 Å². The summed E-state index contributed by atoms with van der Waals surface area (Å²) in [6.07, 6.45) is 32.2. The van der Waals surface area contributed by atoms with Gasteiger partial charge in [-0.25, -0.2) is 0 Å². The molecule has 0 aliphatic heterocycles. The molecule has 0 aromatic heterocycles. The lowest BCUT2D eigenvalue weighted by molar-refractivity contribution is -0.870. The first-order chi connectivity index (χ1) is 23.5. The van der Waals surface area contributed by atoms with Crippen molar-refractivity contribution < 1.29 is 42.1 Å². The van der Waals surface area contributed by atoms with Crippen molar-refractivity contribution in [3.8, 4) is 0 Å². The lowest BCUT2D eigenvalue weighted by Crippen LogP contribution is -2.37. The summed E-state index contributed by atoms with van der Waals surface area (Å²) in [5.74, 6) is -0.850. The first-order valence-corrected chi connectivity index (χ1v) is 21.0. The highest BCUT2D eigenvalue weighted by atomic mass is 31.2. The molecule has 0 rings (SSSR count). The molecule has 0 radical (unpaired) electrons. The molecule has 2 unspecified atom stereocenters. The number of rotatable bonds is 35. The van der Waals surface area contributed by atoms with Gasteiger partial charge in [-0.2, -0.15) is 0 Å². The Morgan fingerprint density at radius 1 is 0.633 bits per heavy atom. The predicted octanol–water partition coefficient (Wildman–Crippen LogP) is 9.77. The third-order valence-corrected chi connectivity index (χ3v) is 9.19. The predicted molar refractivity (Wildman–Crippen MR) is 199 cm³/mol. The SMILES string of the molecule is CCCCCC/C=C\C/C=C\CCCCCCCCCC(=O)OC(COC(=O)CCCCCCCCC)COP(=O)([O-])OCC[N+](C)(C)C. The highest BCUT2D eigenvalue weighted by molar-refractivity contribution is 7.45. The monoisotopic (exact) mass is 716 g/mol. The van der Waals surface area contributed by atoms with Gasteiger partial charge in [0.05, 0.1) is 27.7 Å². The summed E-state index contributed by atoms with van der Waals surface area (Å²) in [7, 11) is 1.16. The van der Waals surface area contributed by atoms with E-state index < -0.39 is 32.5 Å². The first-order valence-electron chi connectivity index (χ1n) is 19.5. The van der Waals surface area contributed by atoms with Crippen LogP contribution in [0, 0.1) is 0 Å². The smallest absolute Gasteiger partial charge is 0.306 e. The molecule has 0 spiro atoms. The molecule has 0 saturated heterocycles. The van der Waals surface area contributed by atoms with Crippen molar-refractivity contribution >= 4 is 19.8 Å². The van der Waals surface area contributed by atoms with E-state index in [0.29, 0.717) is 17.4 Å². The molecule has 49 heavy (non-hydrogen) atoms. The van der Waals surface area contributed by atoms with Crippen LogP contribution in [0.5, 0.6) is 0 Å². The highest BCUT2D eigenvalue weighted by Crippen LogP contribution is 2.38. The van der Waals surface area contributed by atoms with Crippen LogP contribution in [-0.2, 0) is 32.7 Å². The summed E-state index contributed by atoms with van der Waals surface area (Å²) in [5, 5.41) is 0. The van der Waals surface area contributed by atoms with Gasteiger partial charge in [0.15, 0.2) is 6.10 Å². The number of likely N-dealkylation sites (N-methyl/N-ethyl adjacent to an activating group) is 1. The summed E-state index contributed by atoms with van der Waals surface area (Å²) in [6, 6.07) is 0. The summed E-state index contributed by atoms with van der Waals surface area (Å²) >= 11 is 0. The molecule has 10 heteroatoms. The lowest BCUT2D eigenvalue weighted by atomic mass is 10.1. The number of hydrogen-bond acceptors (Lipinski definition) is 8. The minimum absolute atomic E-state index is 0.0314. The topological polar surface area (TPSA) is 111 Å². The van der Waals surface area contributed by atoms with Crippen LogP contribution in [0.15, 0.2) is 24.3 Å². The van der Waals surface area contributed by atoms with Crippen molar-refractivity contribution in [2.75, 3.05) is 47.5 Å². The number of quaternary nitrogens is 1. The van der Waals surface area contributed by atoms with E-state index in [1.54, 1.807) is 0 Å². The van der Waals surface area contributed by atoms with Gasteiger partial charge in [0.1, 0.15) is 19.8 Å². The third-order valence-electron chi connectivity index (χ3n) is 8.22. The second-order valence-corrected chi connectivity index (χ2v) is 15.7. The molecule has 9 nitrogen and oxygen atoms in total. The zero-order chi connectivity index (χ0) is 36.5. The number of phosphoric acid groups is 1. The molecule has 0 N–H and O–H groups in total. The molecule has 0 amide bonds. The molecule has 0 fully saturated rings. The number of phosphoric ester groups is 1. The van der Waals surface area contributed by atoms with Gasteiger partial charge < -0.3 is 27.9 Å². The normalized spacial score (nSPS) is 14.0. The van der Waals surface area contributed by atoms with Crippen LogP contribution in [0.3, 0.4) is 0 Å². The van der Waals surface area contributed by atoms with Crippen LogP contribution in [-0.4, -0.2) is 70.0 Å². The van der Waals surface area contributed by atoms with Crippen molar-refractivity contribution in [1.29, 1.82) is 0 Å². The van der Waals surface area contributed by atoms with Gasteiger partial charge >= 0.3 is 11.9 Å². The molecule has 0 aromatic rings. The van der Waals surface area contributed by atoms with Gasteiger partial charge in [-0.1, -0.05) is 128 Å². The standard InChI is InChI=1S/C39H74NO8P/c1-6-8-10-12-14-15-16-17-18-19-20-21-22-23-24-26-28-30-32-39(42)48-37(36-47-49(43,44)46-34-33-40(3,4)5)35-45-38(41)31-29-27-25-13-11-9-7-2/h15-16,18-19,37H,6-14,17,20-36H2,1-5H3/b16-15-,19-18-. The van der Waals surface area contributed by atoms with E-state index in [9.17, 15) is 19.0 Å². The molecule has 0 aromatic carbocycles.